The molecule has 7 nitrogen and oxygen atoms in total. The normalized spacial score (nSPS) is 20.8. The number of hydrogen-bond donors (Lipinski definition) is 3. The first-order chi connectivity index (χ1) is 9.84. The van der Waals surface area contributed by atoms with Gasteiger partial charge in [-0.05, 0) is 18.8 Å². The Morgan fingerprint density at radius 3 is 2.52 bits per heavy atom. The predicted octanol–water partition coefficient (Wildman–Crippen LogP) is -0.0583. The summed E-state index contributed by atoms with van der Waals surface area (Å²) in [5.74, 6) is -1.77. The average molecular weight is 299 g/mol. The molecule has 1 rings (SSSR count). The number of nitrogens with zero attached hydrogens (tertiary/aromatic N) is 1. The summed E-state index contributed by atoms with van der Waals surface area (Å²) >= 11 is 0. The number of rotatable bonds is 5. The highest BCUT2D eigenvalue weighted by Gasteiger charge is 2.31. The molecule has 1 unspecified atom stereocenters. The van der Waals surface area contributed by atoms with E-state index in [0.29, 0.717) is 13.0 Å². The number of amides is 2. The van der Waals surface area contributed by atoms with Crippen molar-refractivity contribution in [3.05, 3.63) is 0 Å². The van der Waals surface area contributed by atoms with Crippen LogP contribution in [0, 0.1) is 5.92 Å². The number of nitrogens with two attached hydrogens (primary N) is 1. The van der Waals surface area contributed by atoms with E-state index in [1.807, 2.05) is 13.8 Å². The van der Waals surface area contributed by atoms with E-state index in [2.05, 4.69) is 5.32 Å². The lowest BCUT2D eigenvalue weighted by molar-refractivity contribution is -0.150. The predicted molar refractivity (Wildman–Crippen MR) is 77.4 cm³/mol. The molecule has 1 saturated heterocycles. The molecule has 2 amide bonds. The van der Waals surface area contributed by atoms with E-state index in [1.54, 1.807) is 0 Å². The molecule has 1 heterocycles. The number of carbonyl (C=O) groups is 3. The van der Waals surface area contributed by atoms with Gasteiger partial charge in [-0.15, -0.1) is 0 Å². The van der Waals surface area contributed by atoms with Gasteiger partial charge in [-0.3, -0.25) is 9.59 Å². The first-order valence-electron chi connectivity index (χ1n) is 7.40. The van der Waals surface area contributed by atoms with Crippen molar-refractivity contribution in [3.63, 3.8) is 0 Å². The van der Waals surface area contributed by atoms with Gasteiger partial charge < -0.3 is 21.1 Å². The Bertz CT molecular complexity index is 398. The first kappa shape index (κ1) is 17.4. The minimum Gasteiger partial charge on any atom is -0.480 e. The molecule has 21 heavy (non-hydrogen) atoms. The second kappa shape index (κ2) is 7.97. The topological polar surface area (TPSA) is 113 Å². The smallest absolute Gasteiger partial charge is 0.326 e. The summed E-state index contributed by atoms with van der Waals surface area (Å²) in [5.41, 5.74) is 5.69. The summed E-state index contributed by atoms with van der Waals surface area (Å²) in [6, 6.07) is -1.46. The molecule has 0 spiro atoms. The lowest BCUT2D eigenvalue weighted by Gasteiger charge is -2.27. The van der Waals surface area contributed by atoms with Crippen molar-refractivity contribution in [2.24, 2.45) is 11.7 Å². The summed E-state index contributed by atoms with van der Waals surface area (Å²) in [6.45, 7) is 3.85. The van der Waals surface area contributed by atoms with Crippen molar-refractivity contribution < 1.29 is 19.5 Å². The summed E-state index contributed by atoms with van der Waals surface area (Å²) < 4.78 is 0. The summed E-state index contributed by atoms with van der Waals surface area (Å²) in [6.07, 6.45) is 2.96. The van der Waals surface area contributed by atoms with Crippen molar-refractivity contribution in [2.45, 2.75) is 51.6 Å². The zero-order valence-electron chi connectivity index (χ0n) is 12.7. The lowest BCUT2D eigenvalue weighted by Crippen LogP contribution is -2.51. The summed E-state index contributed by atoms with van der Waals surface area (Å²) in [7, 11) is 0. The number of aliphatic carboxylic acids is 1. The van der Waals surface area contributed by atoms with Crippen LogP contribution in [-0.2, 0) is 14.4 Å². The highest BCUT2D eigenvalue weighted by atomic mass is 16.4. The fourth-order valence-electron chi connectivity index (χ4n) is 2.35. The highest BCUT2D eigenvalue weighted by molar-refractivity contribution is 5.89. The van der Waals surface area contributed by atoms with Crippen molar-refractivity contribution >= 4 is 17.8 Å². The number of hydrogen-bond acceptors (Lipinski definition) is 4. The van der Waals surface area contributed by atoms with Gasteiger partial charge in [0, 0.05) is 6.54 Å². The van der Waals surface area contributed by atoms with E-state index in [4.69, 9.17) is 5.73 Å². The van der Waals surface area contributed by atoms with Gasteiger partial charge >= 0.3 is 5.97 Å². The van der Waals surface area contributed by atoms with Gasteiger partial charge in [-0.2, -0.15) is 0 Å². The number of carbonyl (C=O) groups excluding carboxylic acids is 2. The Morgan fingerprint density at radius 1 is 1.29 bits per heavy atom. The van der Waals surface area contributed by atoms with Crippen LogP contribution in [-0.4, -0.2) is 53.0 Å². The van der Waals surface area contributed by atoms with Gasteiger partial charge in [-0.1, -0.05) is 26.7 Å². The van der Waals surface area contributed by atoms with Crippen LogP contribution in [0.3, 0.4) is 0 Å². The Kier molecular flexibility index (Phi) is 6.61. The fraction of sp³-hybridized carbons (Fsp3) is 0.786. The third-order valence-electron chi connectivity index (χ3n) is 3.79. The van der Waals surface area contributed by atoms with Crippen LogP contribution in [0.15, 0.2) is 0 Å². The molecule has 120 valence electrons. The van der Waals surface area contributed by atoms with Crippen LogP contribution < -0.4 is 11.1 Å². The third-order valence-corrected chi connectivity index (χ3v) is 3.79. The molecule has 1 aliphatic rings. The van der Waals surface area contributed by atoms with E-state index in [9.17, 15) is 19.5 Å². The Morgan fingerprint density at radius 2 is 1.95 bits per heavy atom. The van der Waals surface area contributed by atoms with E-state index in [1.165, 1.54) is 4.90 Å². The Balaban J connectivity index is 2.59. The van der Waals surface area contributed by atoms with E-state index in [0.717, 1.165) is 19.3 Å². The molecule has 0 aliphatic carbocycles. The molecule has 2 atom stereocenters. The van der Waals surface area contributed by atoms with Crippen LogP contribution in [0.25, 0.3) is 0 Å². The minimum absolute atomic E-state index is 0.0231. The Labute approximate surface area is 124 Å². The van der Waals surface area contributed by atoms with Crippen molar-refractivity contribution in [1.82, 2.24) is 10.2 Å². The summed E-state index contributed by atoms with van der Waals surface area (Å²) in [5, 5.41) is 11.7. The van der Waals surface area contributed by atoms with Crippen LogP contribution >= 0.6 is 0 Å². The number of carboxylic acids is 1. The standard InChI is InChI=1S/C14H25N3O4/c1-9(2)12(15)13(19)16-8-11(18)17-7-5-3-4-6-10(17)14(20)21/h9-10,12H,3-8,15H2,1-2H3,(H,16,19)(H,20,21)/t10?,12-/m0/s1. The zero-order chi connectivity index (χ0) is 16.0. The van der Waals surface area contributed by atoms with Crippen molar-refractivity contribution in [2.75, 3.05) is 13.1 Å². The quantitative estimate of drug-likeness (QED) is 0.658. The van der Waals surface area contributed by atoms with Crippen molar-refractivity contribution in [1.29, 1.82) is 0 Å². The second-order valence-electron chi connectivity index (χ2n) is 5.78. The molecule has 0 aromatic heterocycles. The molecule has 7 heteroatoms. The zero-order valence-corrected chi connectivity index (χ0v) is 12.7. The lowest BCUT2D eigenvalue weighted by atomic mass is 10.1. The molecule has 0 saturated carbocycles. The van der Waals surface area contributed by atoms with E-state index < -0.39 is 18.1 Å². The van der Waals surface area contributed by atoms with Crippen molar-refractivity contribution in [3.8, 4) is 0 Å². The number of nitrogens with one attached hydrogen (secondary N) is 1. The van der Waals surface area contributed by atoms with Gasteiger partial charge in [0.1, 0.15) is 6.04 Å². The van der Waals surface area contributed by atoms with Gasteiger partial charge in [0.15, 0.2) is 0 Å². The van der Waals surface area contributed by atoms with Gasteiger partial charge in [0.05, 0.1) is 12.6 Å². The second-order valence-corrected chi connectivity index (χ2v) is 5.78. The average Bonchev–Trinajstić information content (AvgIpc) is 2.69. The SMILES string of the molecule is CC(C)[C@H](N)C(=O)NCC(=O)N1CCCCCC1C(=O)O. The third kappa shape index (κ3) is 5.00. The van der Waals surface area contributed by atoms with Gasteiger partial charge in [-0.25, -0.2) is 4.79 Å². The number of likely N-dealkylation sites (tertiary alicyclic amines) is 1. The van der Waals surface area contributed by atoms with E-state index in [-0.39, 0.29) is 24.3 Å². The molecule has 0 radical (unpaired) electrons. The molecular formula is C14H25N3O4. The van der Waals surface area contributed by atoms with Crippen LogP contribution in [0.1, 0.15) is 39.5 Å². The summed E-state index contributed by atoms with van der Waals surface area (Å²) in [4.78, 5) is 36.5. The Hall–Kier alpha value is -1.63. The van der Waals surface area contributed by atoms with Gasteiger partial charge in [0.2, 0.25) is 11.8 Å². The van der Waals surface area contributed by atoms with E-state index >= 15 is 0 Å². The van der Waals surface area contributed by atoms with Crippen LogP contribution in [0.2, 0.25) is 0 Å². The maximum absolute atomic E-state index is 12.2. The molecule has 0 aromatic rings. The van der Waals surface area contributed by atoms with Crippen LogP contribution in [0.5, 0.6) is 0 Å². The maximum Gasteiger partial charge on any atom is 0.326 e. The number of carboxylic acid groups (broad SMARTS) is 1. The molecule has 1 fully saturated rings. The molecular weight excluding hydrogens is 274 g/mol. The monoisotopic (exact) mass is 299 g/mol. The first-order valence-corrected chi connectivity index (χ1v) is 7.40. The highest BCUT2D eigenvalue weighted by Crippen LogP contribution is 2.17. The largest absolute Gasteiger partial charge is 0.480 e. The minimum atomic E-state index is -0.990. The fourth-order valence-corrected chi connectivity index (χ4v) is 2.35. The molecule has 1 aliphatic heterocycles. The molecule has 0 aromatic carbocycles. The maximum atomic E-state index is 12.2. The van der Waals surface area contributed by atoms with Gasteiger partial charge in [0.25, 0.3) is 0 Å². The molecule has 0 bridgehead atoms. The molecule has 4 N–H and O–H groups in total. The van der Waals surface area contributed by atoms with Crippen LogP contribution in [0.4, 0.5) is 0 Å².